The minimum absolute atomic E-state index is 0.155. The SMILES string of the molecule is CCC1(CC)CSC(Nc2ccc(N3CCCC3)cc2)=N1. The van der Waals surface area contributed by atoms with E-state index in [4.69, 9.17) is 4.99 Å². The van der Waals surface area contributed by atoms with Crippen LogP contribution in [0, 0.1) is 0 Å². The average Bonchev–Trinajstić information content (AvgIpc) is 3.18. The van der Waals surface area contributed by atoms with E-state index in [0.29, 0.717) is 0 Å². The molecular formula is C17H25N3S. The van der Waals surface area contributed by atoms with E-state index in [-0.39, 0.29) is 5.54 Å². The quantitative estimate of drug-likeness (QED) is 0.895. The Kier molecular flexibility index (Phi) is 4.43. The maximum Gasteiger partial charge on any atom is 0.161 e. The van der Waals surface area contributed by atoms with Crippen molar-refractivity contribution in [2.45, 2.75) is 45.1 Å². The largest absolute Gasteiger partial charge is 0.372 e. The van der Waals surface area contributed by atoms with Crippen LogP contribution in [0.25, 0.3) is 0 Å². The molecular weight excluding hydrogens is 278 g/mol. The van der Waals surface area contributed by atoms with Gasteiger partial charge in [-0.1, -0.05) is 25.6 Å². The van der Waals surface area contributed by atoms with E-state index >= 15 is 0 Å². The first kappa shape index (κ1) is 14.8. The van der Waals surface area contributed by atoms with Gasteiger partial charge in [0, 0.05) is 30.2 Å². The highest BCUT2D eigenvalue weighted by atomic mass is 32.2. The van der Waals surface area contributed by atoms with E-state index in [0.717, 1.165) is 29.4 Å². The van der Waals surface area contributed by atoms with Crippen LogP contribution in [-0.2, 0) is 0 Å². The lowest BCUT2D eigenvalue weighted by atomic mass is 9.97. The molecule has 2 heterocycles. The number of amidine groups is 1. The zero-order valence-corrected chi connectivity index (χ0v) is 13.9. The molecule has 21 heavy (non-hydrogen) atoms. The van der Waals surface area contributed by atoms with E-state index < -0.39 is 0 Å². The van der Waals surface area contributed by atoms with E-state index in [1.165, 1.54) is 31.6 Å². The van der Waals surface area contributed by atoms with Crippen molar-refractivity contribution in [1.29, 1.82) is 0 Å². The van der Waals surface area contributed by atoms with Gasteiger partial charge in [0.05, 0.1) is 5.54 Å². The monoisotopic (exact) mass is 303 g/mol. The summed E-state index contributed by atoms with van der Waals surface area (Å²) in [5, 5.41) is 4.55. The van der Waals surface area contributed by atoms with Crippen molar-refractivity contribution < 1.29 is 0 Å². The van der Waals surface area contributed by atoms with Gasteiger partial charge in [0.15, 0.2) is 5.17 Å². The fraction of sp³-hybridized carbons (Fsp3) is 0.588. The molecule has 114 valence electrons. The van der Waals surface area contributed by atoms with E-state index in [1.807, 2.05) is 11.8 Å². The van der Waals surface area contributed by atoms with Gasteiger partial charge in [-0.15, -0.1) is 0 Å². The second-order valence-electron chi connectivity index (χ2n) is 6.00. The van der Waals surface area contributed by atoms with Gasteiger partial charge in [0.25, 0.3) is 0 Å². The van der Waals surface area contributed by atoms with Crippen LogP contribution in [-0.4, -0.2) is 29.5 Å². The van der Waals surface area contributed by atoms with E-state index in [9.17, 15) is 0 Å². The van der Waals surface area contributed by atoms with Gasteiger partial charge in [-0.2, -0.15) is 0 Å². The maximum atomic E-state index is 4.91. The molecule has 1 N–H and O–H groups in total. The molecule has 1 saturated heterocycles. The average molecular weight is 303 g/mol. The highest BCUT2D eigenvalue weighted by Crippen LogP contribution is 2.34. The van der Waals surface area contributed by atoms with Crippen molar-refractivity contribution in [2.75, 3.05) is 29.1 Å². The number of anilines is 2. The van der Waals surface area contributed by atoms with Crippen LogP contribution in [0.5, 0.6) is 0 Å². The van der Waals surface area contributed by atoms with Crippen molar-refractivity contribution in [3.8, 4) is 0 Å². The minimum Gasteiger partial charge on any atom is -0.372 e. The molecule has 1 aromatic rings. The van der Waals surface area contributed by atoms with Crippen molar-refractivity contribution in [2.24, 2.45) is 4.99 Å². The number of nitrogens with one attached hydrogen (secondary N) is 1. The van der Waals surface area contributed by atoms with Crippen LogP contribution in [0.3, 0.4) is 0 Å². The molecule has 0 aromatic heterocycles. The molecule has 0 amide bonds. The Hall–Kier alpha value is -1.16. The molecule has 0 aliphatic carbocycles. The molecule has 2 aliphatic heterocycles. The highest BCUT2D eigenvalue weighted by molar-refractivity contribution is 8.14. The molecule has 0 unspecified atom stereocenters. The van der Waals surface area contributed by atoms with Gasteiger partial charge < -0.3 is 10.2 Å². The maximum absolute atomic E-state index is 4.91. The Balaban J connectivity index is 1.65. The van der Waals surface area contributed by atoms with Crippen LogP contribution in [0.4, 0.5) is 11.4 Å². The standard InChI is InChI=1S/C17H25N3S/c1-3-17(4-2)13-21-16(19-17)18-14-7-9-15(10-8-14)20-11-5-6-12-20/h7-10H,3-6,11-13H2,1-2H3,(H,18,19). The van der Waals surface area contributed by atoms with Crippen LogP contribution in [0.1, 0.15) is 39.5 Å². The lowest BCUT2D eigenvalue weighted by Crippen LogP contribution is -2.24. The molecule has 2 aliphatic rings. The second-order valence-corrected chi connectivity index (χ2v) is 6.97. The summed E-state index contributed by atoms with van der Waals surface area (Å²) in [6.45, 7) is 6.87. The Morgan fingerprint density at radius 1 is 1.14 bits per heavy atom. The first-order chi connectivity index (χ1) is 10.2. The van der Waals surface area contributed by atoms with Gasteiger partial charge in [-0.05, 0) is 49.9 Å². The van der Waals surface area contributed by atoms with Crippen LogP contribution < -0.4 is 10.2 Å². The summed E-state index contributed by atoms with van der Waals surface area (Å²) in [6, 6.07) is 8.80. The zero-order chi connectivity index (χ0) is 14.7. The number of rotatable bonds is 4. The van der Waals surface area contributed by atoms with Gasteiger partial charge in [0.2, 0.25) is 0 Å². The number of nitrogens with zero attached hydrogens (tertiary/aromatic N) is 2. The first-order valence-electron chi connectivity index (χ1n) is 8.09. The number of thioether (sulfide) groups is 1. The normalized spacial score (nSPS) is 20.7. The summed E-state index contributed by atoms with van der Waals surface area (Å²) in [6.07, 6.45) is 4.89. The van der Waals surface area contributed by atoms with E-state index in [1.54, 1.807) is 0 Å². The molecule has 1 aromatic carbocycles. The molecule has 1 fully saturated rings. The van der Waals surface area contributed by atoms with Crippen molar-refractivity contribution >= 4 is 28.3 Å². The second kappa shape index (κ2) is 6.30. The molecule has 0 bridgehead atoms. The summed E-state index contributed by atoms with van der Waals surface area (Å²) in [5.41, 5.74) is 2.64. The van der Waals surface area contributed by atoms with Gasteiger partial charge in [-0.3, -0.25) is 4.99 Å². The van der Waals surface area contributed by atoms with Crippen molar-refractivity contribution in [1.82, 2.24) is 0 Å². The predicted molar refractivity (Wildman–Crippen MR) is 94.7 cm³/mol. The topological polar surface area (TPSA) is 27.6 Å². The predicted octanol–water partition coefficient (Wildman–Crippen LogP) is 4.36. The molecule has 0 spiro atoms. The van der Waals surface area contributed by atoms with Crippen LogP contribution >= 0.6 is 11.8 Å². The number of aliphatic imine (C=N–C) groups is 1. The summed E-state index contributed by atoms with van der Waals surface area (Å²) >= 11 is 1.85. The molecule has 3 nitrogen and oxygen atoms in total. The van der Waals surface area contributed by atoms with Crippen molar-refractivity contribution in [3.05, 3.63) is 24.3 Å². The Morgan fingerprint density at radius 2 is 1.81 bits per heavy atom. The fourth-order valence-electron chi connectivity index (χ4n) is 3.01. The Labute approximate surface area is 132 Å². The number of hydrogen-bond donors (Lipinski definition) is 1. The summed E-state index contributed by atoms with van der Waals surface area (Å²) in [7, 11) is 0. The number of hydrogen-bond acceptors (Lipinski definition) is 4. The third kappa shape index (κ3) is 3.20. The third-order valence-corrected chi connectivity index (χ3v) is 5.87. The zero-order valence-electron chi connectivity index (χ0n) is 13.1. The van der Waals surface area contributed by atoms with Gasteiger partial charge >= 0.3 is 0 Å². The van der Waals surface area contributed by atoms with Gasteiger partial charge in [-0.25, -0.2) is 0 Å². The highest BCUT2D eigenvalue weighted by Gasteiger charge is 2.32. The molecule has 0 saturated carbocycles. The molecule has 0 atom stereocenters. The number of benzene rings is 1. The Bertz CT molecular complexity index is 499. The first-order valence-corrected chi connectivity index (χ1v) is 9.08. The lowest BCUT2D eigenvalue weighted by Gasteiger charge is -2.20. The van der Waals surface area contributed by atoms with Crippen LogP contribution in [0.2, 0.25) is 0 Å². The van der Waals surface area contributed by atoms with Crippen molar-refractivity contribution in [3.63, 3.8) is 0 Å². The summed E-state index contributed by atoms with van der Waals surface area (Å²) < 4.78 is 0. The Morgan fingerprint density at radius 3 is 2.38 bits per heavy atom. The molecule has 3 rings (SSSR count). The van der Waals surface area contributed by atoms with Gasteiger partial charge in [0.1, 0.15) is 0 Å². The third-order valence-electron chi connectivity index (χ3n) is 4.72. The minimum atomic E-state index is 0.155. The lowest BCUT2D eigenvalue weighted by molar-refractivity contribution is 0.456. The smallest absolute Gasteiger partial charge is 0.161 e. The summed E-state index contributed by atoms with van der Waals surface area (Å²) in [5.74, 6) is 1.11. The van der Waals surface area contributed by atoms with E-state index in [2.05, 4.69) is 48.3 Å². The fourth-order valence-corrected chi connectivity index (χ4v) is 4.34. The molecule has 4 heteroatoms. The molecule has 0 radical (unpaired) electrons. The van der Waals surface area contributed by atoms with Crippen LogP contribution in [0.15, 0.2) is 29.3 Å². The summed E-state index contributed by atoms with van der Waals surface area (Å²) in [4.78, 5) is 7.37.